The summed E-state index contributed by atoms with van der Waals surface area (Å²) in [5, 5.41) is 16.5. The van der Waals surface area contributed by atoms with E-state index in [-0.39, 0.29) is 35.6 Å². The summed E-state index contributed by atoms with van der Waals surface area (Å²) >= 11 is 4.48. The zero-order valence-corrected chi connectivity index (χ0v) is 12.8. The number of anilines is 1. The standard InChI is InChI=1S/C8H9N2O.CH2N4S.Na/c1-9-8(11)10-7-5-3-2-4-6-7;6-1-2-4-5-3-1;/h2-5H,1H3,(H2,9,10,11);(H2,2,3,4,5,6);/q-1;;+1. The molecule has 0 radical (unpaired) electrons. The maximum atomic E-state index is 10.7. The summed E-state index contributed by atoms with van der Waals surface area (Å²) in [7, 11) is 1.57. The Balaban J connectivity index is 0.000000352. The van der Waals surface area contributed by atoms with E-state index in [2.05, 4.69) is 49.5 Å². The number of hydrogen-bond donors (Lipinski definition) is 4. The maximum absolute atomic E-state index is 10.7. The number of carbonyl (C=O) groups is 1. The molecule has 0 spiro atoms. The number of aromatic amines is 2. The molecule has 0 aliphatic rings. The summed E-state index contributed by atoms with van der Waals surface area (Å²) in [6.07, 6.45) is 0. The van der Waals surface area contributed by atoms with Crippen molar-refractivity contribution in [3.8, 4) is 0 Å². The van der Waals surface area contributed by atoms with Gasteiger partial charge in [0.2, 0.25) is 4.77 Å². The van der Waals surface area contributed by atoms with Gasteiger partial charge >= 0.3 is 35.6 Å². The molecule has 18 heavy (non-hydrogen) atoms. The van der Waals surface area contributed by atoms with Gasteiger partial charge in [-0.15, -0.1) is 6.07 Å². The van der Waals surface area contributed by atoms with E-state index < -0.39 is 0 Å². The van der Waals surface area contributed by atoms with Gasteiger partial charge in [0.25, 0.3) is 0 Å². The number of aromatic nitrogens is 4. The molecule has 1 aromatic heterocycles. The van der Waals surface area contributed by atoms with Crippen LogP contribution in [0, 0.1) is 10.8 Å². The van der Waals surface area contributed by atoms with Gasteiger partial charge in [-0.1, -0.05) is 16.0 Å². The van der Waals surface area contributed by atoms with Crippen molar-refractivity contribution in [2.24, 2.45) is 0 Å². The van der Waals surface area contributed by atoms with E-state index in [0.29, 0.717) is 10.5 Å². The number of rotatable bonds is 1. The molecule has 0 saturated heterocycles. The number of H-pyrrole nitrogens is 2. The normalized spacial score (nSPS) is 8.28. The van der Waals surface area contributed by atoms with Gasteiger partial charge < -0.3 is 10.6 Å². The van der Waals surface area contributed by atoms with Crippen molar-refractivity contribution in [2.45, 2.75) is 0 Å². The van der Waals surface area contributed by atoms with Gasteiger partial charge in [-0.3, -0.25) is 5.10 Å². The van der Waals surface area contributed by atoms with Crippen LogP contribution in [0.2, 0.25) is 0 Å². The van der Waals surface area contributed by atoms with E-state index in [1.807, 2.05) is 12.1 Å². The Kier molecular flexibility index (Phi) is 9.11. The fourth-order valence-electron chi connectivity index (χ4n) is 0.824. The first kappa shape index (κ1) is 16.8. The zero-order valence-electron chi connectivity index (χ0n) is 10.0. The fraction of sp³-hybridized carbons (Fsp3) is 0.111. The van der Waals surface area contributed by atoms with Gasteiger partial charge in [0, 0.05) is 7.05 Å². The van der Waals surface area contributed by atoms with Gasteiger partial charge in [-0.2, -0.15) is 29.5 Å². The van der Waals surface area contributed by atoms with E-state index in [4.69, 9.17) is 0 Å². The third kappa shape index (κ3) is 7.17. The van der Waals surface area contributed by atoms with E-state index in [1.165, 1.54) is 0 Å². The molecule has 0 bridgehead atoms. The molecule has 0 aliphatic carbocycles. The first-order valence-electron chi connectivity index (χ1n) is 4.63. The molecule has 2 amide bonds. The second-order valence-electron chi connectivity index (χ2n) is 2.72. The summed E-state index contributed by atoms with van der Waals surface area (Å²) in [6, 6.07) is 9.82. The first-order chi connectivity index (χ1) is 8.22. The predicted octanol–water partition coefficient (Wildman–Crippen LogP) is -1.90. The van der Waals surface area contributed by atoms with Crippen LogP contribution in [0.5, 0.6) is 0 Å². The number of carbonyl (C=O) groups excluding carboxylic acids is 1. The zero-order chi connectivity index (χ0) is 12.5. The van der Waals surface area contributed by atoms with Crippen LogP contribution in [0.15, 0.2) is 24.3 Å². The number of hydrogen-bond acceptors (Lipinski definition) is 4. The van der Waals surface area contributed by atoms with Crippen molar-refractivity contribution in [2.75, 3.05) is 12.4 Å². The quantitative estimate of drug-likeness (QED) is 0.277. The minimum absolute atomic E-state index is 0. The second-order valence-corrected chi connectivity index (χ2v) is 3.11. The van der Waals surface area contributed by atoms with E-state index in [0.717, 1.165) is 0 Å². The SMILES string of the molecule is CNC(=O)Nc1[c-]cccc1.S=c1nn[nH][nH]1.[Na+]. The average molecular weight is 274 g/mol. The Labute approximate surface area is 131 Å². The van der Waals surface area contributed by atoms with Gasteiger partial charge in [-0.05, 0) is 12.2 Å². The third-order valence-electron chi connectivity index (χ3n) is 1.54. The molecule has 1 heterocycles. The number of nitrogens with zero attached hydrogens (tertiary/aromatic N) is 2. The molecule has 2 aromatic rings. The predicted molar refractivity (Wildman–Crippen MR) is 64.9 cm³/mol. The summed E-state index contributed by atoms with van der Waals surface area (Å²) in [5.74, 6) is 0. The number of nitrogens with one attached hydrogen (secondary N) is 4. The van der Waals surface area contributed by atoms with Gasteiger partial charge in [0.15, 0.2) is 0 Å². The average Bonchev–Trinajstić information content (AvgIpc) is 2.82. The molecule has 0 unspecified atom stereocenters. The second kappa shape index (κ2) is 9.77. The van der Waals surface area contributed by atoms with Crippen molar-refractivity contribution in [3.05, 3.63) is 35.1 Å². The minimum Gasteiger partial charge on any atom is -0.341 e. The van der Waals surface area contributed by atoms with Gasteiger partial charge in [-0.25, -0.2) is 4.79 Å². The van der Waals surface area contributed by atoms with Crippen LogP contribution in [-0.4, -0.2) is 33.7 Å². The molecule has 7 nitrogen and oxygen atoms in total. The monoisotopic (exact) mass is 274 g/mol. The van der Waals surface area contributed by atoms with Crippen LogP contribution in [0.4, 0.5) is 10.5 Å². The van der Waals surface area contributed by atoms with Crippen LogP contribution in [0.25, 0.3) is 0 Å². The molecule has 4 N–H and O–H groups in total. The van der Waals surface area contributed by atoms with Crippen molar-refractivity contribution < 1.29 is 34.4 Å². The van der Waals surface area contributed by atoms with Crippen LogP contribution in [0.1, 0.15) is 0 Å². The van der Waals surface area contributed by atoms with E-state index in [1.54, 1.807) is 19.2 Å². The summed E-state index contributed by atoms with van der Waals surface area (Å²) < 4.78 is 0.384. The molecular formula is C9H11N6NaOS. The van der Waals surface area contributed by atoms with Crippen molar-refractivity contribution in [3.63, 3.8) is 0 Å². The Bertz CT molecular complexity index is 482. The largest absolute Gasteiger partial charge is 1.00 e. The van der Waals surface area contributed by atoms with E-state index >= 15 is 0 Å². The third-order valence-corrected chi connectivity index (χ3v) is 1.72. The Morgan fingerprint density at radius 3 is 2.67 bits per heavy atom. The molecule has 90 valence electrons. The molecular weight excluding hydrogens is 263 g/mol. The molecule has 0 atom stereocenters. The fourth-order valence-corrected chi connectivity index (χ4v) is 0.911. The summed E-state index contributed by atoms with van der Waals surface area (Å²) in [6.45, 7) is 0. The number of para-hydroxylation sites is 1. The number of benzene rings is 1. The van der Waals surface area contributed by atoms with Gasteiger partial charge in [0.05, 0.1) is 0 Å². The number of urea groups is 1. The Morgan fingerprint density at radius 1 is 1.50 bits per heavy atom. The molecule has 0 saturated carbocycles. The van der Waals surface area contributed by atoms with Crippen molar-refractivity contribution >= 4 is 23.9 Å². The number of amides is 2. The van der Waals surface area contributed by atoms with Crippen LogP contribution in [-0.2, 0) is 0 Å². The molecule has 2 rings (SSSR count). The molecule has 1 aromatic carbocycles. The topological polar surface area (TPSA) is 98.5 Å². The number of tetrazole rings is 1. The van der Waals surface area contributed by atoms with Crippen molar-refractivity contribution in [1.82, 2.24) is 25.9 Å². The van der Waals surface area contributed by atoms with Crippen LogP contribution < -0.4 is 40.2 Å². The maximum Gasteiger partial charge on any atom is 1.00 e. The Hall–Kier alpha value is -1.22. The smallest absolute Gasteiger partial charge is 0.341 e. The summed E-state index contributed by atoms with van der Waals surface area (Å²) in [4.78, 5) is 10.7. The molecule has 0 aliphatic heterocycles. The summed E-state index contributed by atoms with van der Waals surface area (Å²) in [5.41, 5.74) is 0.673. The Morgan fingerprint density at radius 2 is 2.28 bits per heavy atom. The van der Waals surface area contributed by atoms with Gasteiger partial charge in [0.1, 0.15) is 0 Å². The first-order valence-corrected chi connectivity index (χ1v) is 5.04. The van der Waals surface area contributed by atoms with E-state index in [9.17, 15) is 4.79 Å². The van der Waals surface area contributed by atoms with Crippen LogP contribution in [0.3, 0.4) is 0 Å². The molecule has 0 fully saturated rings. The van der Waals surface area contributed by atoms with Crippen molar-refractivity contribution in [1.29, 1.82) is 0 Å². The molecule has 9 heteroatoms. The van der Waals surface area contributed by atoms with Crippen LogP contribution >= 0.6 is 12.2 Å². The minimum atomic E-state index is -0.229.